The molecule has 90 valence electrons. The summed E-state index contributed by atoms with van der Waals surface area (Å²) < 4.78 is 9.68. The Kier molecular flexibility index (Phi) is 3.56. The maximum Gasteiger partial charge on any atom is 0.374 e. The lowest BCUT2D eigenvalue weighted by atomic mass is 10.2. The maximum atomic E-state index is 11.3. The average Bonchev–Trinajstić information content (AvgIpc) is 2.99. The molecule has 6 heteroatoms. The SMILES string of the molecule is COC(=O)c1occc1CNCc1cnc[nH]1. The molecule has 0 aliphatic carbocycles. The van der Waals surface area contributed by atoms with Gasteiger partial charge in [0.25, 0.3) is 0 Å². The van der Waals surface area contributed by atoms with Crippen molar-refractivity contribution < 1.29 is 13.9 Å². The molecule has 17 heavy (non-hydrogen) atoms. The third-order valence-corrected chi connectivity index (χ3v) is 2.30. The standard InChI is InChI=1S/C11H13N3O3/c1-16-11(15)10-8(2-3-17-10)4-12-5-9-6-13-7-14-9/h2-3,6-7,12H,4-5H2,1H3,(H,13,14). The largest absolute Gasteiger partial charge is 0.463 e. The van der Waals surface area contributed by atoms with Gasteiger partial charge < -0.3 is 19.5 Å². The van der Waals surface area contributed by atoms with E-state index in [0.717, 1.165) is 11.3 Å². The molecule has 0 aliphatic heterocycles. The Labute approximate surface area is 98.0 Å². The van der Waals surface area contributed by atoms with Crippen molar-refractivity contribution in [2.45, 2.75) is 13.1 Å². The van der Waals surface area contributed by atoms with E-state index in [0.29, 0.717) is 13.1 Å². The minimum absolute atomic E-state index is 0.240. The highest BCUT2D eigenvalue weighted by Crippen LogP contribution is 2.11. The zero-order valence-corrected chi connectivity index (χ0v) is 9.40. The molecule has 0 bridgehead atoms. The van der Waals surface area contributed by atoms with Crippen LogP contribution in [-0.2, 0) is 17.8 Å². The Balaban J connectivity index is 1.91. The number of nitrogens with zero attached hydrogens (tertiary/aromatic N) is 1. The topological polar surface area (TPSA) is 80.2 Å². The summed E-state index contributed by atoms with van der Waals surface area (Å²) in [6, 6.07) is 1.74. The van der Waals surface area contributed by atoms with Gasteiger partial charge in [-0.05, 0) is 6.07 Å². The molecule has 0 saturated heterocycles. The lowest BCUT2D eigenvalue weighted by molar-refractivity contribution is 0.0563. The van der Waals surface area contributed by atoms with Gasteiger partial charge >= 0.3 is 5.97 Å². The molecule has 0 radical (unpaired) electrons. The number of imidazole rings is 1. The Morgan fingerprint density at radius 1 is 1.59 bits per heavy atom. The Morgan fingerprint density at radius 2 is 2.47 bits per heavy atom. The molecule has 2 aromatic heterocycles. The molecular weight excluding hydrogens is 222 g/mol. The van der Waals surface area contributed by atoms with Gasteiger partial charge in [-0.15, -0.1) is 0 Å². The number of hydrogen-bond acceptors (Lipinski definition) is 5. The zero-order chi connectivity index (χ0) is 12.1. The van der Waals surface area contributed by atoms with Crippen molar-refractivity contribution in [3.8, 4) is 0 Å². The summed E-state index contributed by atoms with van der Waals surface area (Å²) in [6.07, 6.45) is 4.83. The van der Waals surface area contributed by atoms with Crippen LogP contribution in [0.3, 0.4) is 0 Å². The van der Waals surface area contributed by atoms with Crippen molar-refractivity contribution in [3.63, 3.8) is 0 Å². The maximum absolute atomic E-state index is 11.3. The monoisotopic (exact) mass is 235 g/mol. The van der Waals surface area contributed by atoms with Crippen molar-refractivity contribution in [3.05, 3.63) is 41.9 Å². The highest BCUT2D eigenvalue weighted by molar-refractivity contribution is 5.87. The third-order valence-electron chi connectivity index (χ3n) is 2.30. The van der Waals surface area contributed by atoms with Crippen molar-refractivity contribution in [2.75, 3.05) is 7.11 Å². The fourth-order valence-corrected chi connectivity index (χ4v) is 1.46. The molecule has 0 spiro atoms. The van der Waals surface area contributed by atoms with E-state index in [1.807, 2.05) is 0 Å². The Morgan fingerprint density at radius 3 is 3.18 bits per heavy atom. The van der Waals surface area contributed by atoms with Gasteiger partial charge in [-0.3, -0.25) is 0 Å². The summed E-state index contributed by atoms with van der Waals surface area (Å²) in [4.78, 5) is 18.2. The molecule has 0 aliphatic rings. The number of ether oxygens (including phenoxy) is 1. The zero-order valence-electron chi connectivity index (χ0n) is 9.40. The van der Waals surface area contributed by atoms with E-state index >= 15 is 0 Å². The molecule has 0 fully saturated rings. The summed E-state index contributed by atoms with van der Waals surface area (Å²) >= 11 is 0. The molecule has 2 aromatic rings. The summed E-state index contributed by atoms with van der Waals surface area (Å²) in [6.45, 7) is 1.17. The number of methoxy groups -OCH3 is 1. The van der Waals surface area contributed by atoms with E-state index in [2.05, 4.69) is 20.0 Å². The van der Waals surface area contributed by atoms with E-state index < -0.39 is 5.97 Å². The molecule has 0 unspecified atom stereocenters. The number of carbonyl (C=O) groups excluding carboxylic acids is 1. The van der Waals surface area contributed by atoms with Gasteiger partial charge in [0.1, 0.15) is 0 Å². The molecule has 6 nitrogen and oxygen atoms in total. The number of furan rings is 1. The quantitative estimate of drug-likeness (QED) is 0.758. The van der Waals surface area contributed by atoms with Crippen LogP contribution < -0.4 is 5.32 Å². The number of carbonyl (C=O) groups is 1. The van der Waals surface area contributed by atoms with Gasteiger partial charge in [-0.25, -0.2) is 9.78 Å². The minimum atomic E-state index is -0.464. The number of rotatable bonds is 5. The number of nitrogens with one attached hydrogen (secondary N) is 2. The van der Waals surface area contributed by atoms with Gasteiger partial charge in [0, 0.05) is 30.5 Å². The second kappa shape index (κ2) is 5.31. The first-order valence-electron chi connectivity index (χ1n) is 5.14. The van der Waals surface area contributed by atoms with Crippen molar-refractivity contribution >= 4 is 5.97 Å². The minimum Gasteiger partial charge on any atom is -0.463 e. The summed E-state index contributed by atoms with van der Waals surface area (Å²) in [5.41, 5.74) is 1.75. The number of hydrogen-bond donors (Lipinski definition) is 2. The number of aromatic nitrogens is 2. The molecule has 2 rings (SSSR count). The van der Waals surface area contributed by atoms with Crippen LogP contribution in [0, 0.1) is 0 Å². The number of esters is 1. The van der Waals surface area contributed by atoms with Crippen LogP contribution in [0.15, 0.2) is 29.3 Å². The van der Waals surface area contributed by atoms with E-state index in [9.17, 15) is 4.79 Å². The predicted molar refractivity (Wildman–Crippen MR) is 59.2 cm³/mol. The van der Waals surface area contributed by atoms with E-state index in [4.69, 9.17) is 4.42 Å². The summed E-state index contributed by atoms with van der Waals surface area (Å²) in [5, 5.41) is 3.17. The van der Waals surface area contributed by atoms with E-state index in [1.54, 1.807) is 18.6 Å². The van der Waals surface area contributed by atoms with Crippen molar-refractivity contribution in [2.24, 2.45) is 0 Å². The third kappa shape index (κ3) is 2.73. The molecule has 0 saturated carbocycles. The van der Waals surface area contributed by atoms with Crippen molar-refractivity contribution in [1.29, 1.82) is 0 Å². The molecule has 2 heterocycles. The fraction of sp³-hybridized carbons (Fsp3) is 0.273. The molecule has 0 amide bonds. The highest BCUT2D eigenvalue weighted by atomic mass is 16.5. The van der Waals surface area contributed by atoms with Crippen LogP contribution in [0.1, 0.15) is 21.8 Å². The second-order valence-electron chi connectivity index (χ2n) is 3.45. The summed E-state index contributed by atoms with van der Waals surface area (Å²) in [5.74, 6) is -0.224. The van der Waals surface area contributed by atoms with E-state index in [-0.39, 0.29) is 5.76 Å². The fourth-order valence-electron chi connectivity index (χ4n) is 1.46. The van der Waals surface area contributed by atoms with Crippen LogP contribution in [0.25, 0.3) is 0 Å². The van der Waals surface area contributed by atoms with Crippen LogP contribution in [0.2, 0.25) is 0 Å². The van der Waals surface area contributed by atoms with E-state index in [1.165, 1.54) is 13.4 Å². The number of aromatic amines is 1. The van der Waals surface area contributed by atoms with Crippen LogP contribution >= 0.6 is 0 Å². The lowest BCUT2D eigenvalue weighted by Gasteiger charge is -2.02. The second-order valence-corrected chi connectivity index (χ2v) is 3.45. The van der Waals surface area contributed by atoms with Gasteiger partial charge in [0.15, 0.2) is 0 Å². The Bertz CT molecular complexity index is 476. The predicted octanol–water partition coefficient (Wildman–Crippen LogP) is 1.08. The van der Waals surface area contributed by atoms with Gasteiger partial charge in [-0.1, -0.05) is 0 Å². The lowest BCUT2D eigenvalue weighted by Crippen LogP contribution is -2.15. The Hall–Kier alpha value is -2.08. The average molecular weight is 235 g/mol. The van der Waals surface area contributed by atoms with Gasteiger partial charge in [-0.2, -0.15) is 0 Å². The van der Waals surface area contributed by atoms with Crippen LogP contribution in [-0.4, -0.2) is 23.0 Å². The van der Waals surface area contributed by atoms with Gasteiger partial charge in [0.05, 0.1) is 19.7 Å². The first kappa shape index (κ1) is 11.4. The smallest absolute Gasteiger partial charge is 0.374 e. The molecule has 0 aromatic carbocycles. The van der Waals surface area contributed by atoms with Crippen LogP contribution in [0.5, 0.6) is 0 Å². The highest BCUT2D eigenvalue weighted by Gasteiger charge is 2.14. The first-order valence-corrected chi connectivity index (χ1v) is 5.14. The molecule has 2 N–H and O–H groups in total. The van der Waals surface area contributed by atoms with Crippen LogP contribution in [0.4, 0.5) is 0 Å². The normalized spacial score (nSPS) is 10.4. The first-order chi connectivity index (χ1) is 8.31. The molecular formula is C11H13N3O3. The number of H-pyrrole nitrogens is 1. The van der Waals surface area contributed by atoms with Crippen molar-refractivity contribution in [1.82, 2.24) is 15.3 Å². The summed E-state index contributed by atoms with van der Waals surface area (Å²) in [7, 11) is 1.33. The van der Waals surface area contributed by atoms with Gasteiger partial charge in [0.2, 0.25) is 5.76 Å². The molecule has 0 atom stereocenters.